The van der Waals surface area contributed by atoms with E-state index < -0.39 is 0 Å². The first-order valence-electron chi connectivity index (χ1n) is 9.63. The topological polar surface area (TPSA) is 34.2 Å². The first-order chi connectivity index (χ1) is 12.3. The Morgan fingerprint density at radius 3 is 2.40 bits per heavy atom. The molecule has 3 fully saturated rings. The van der Waals surface area contributed by atoms with Crippen molar-refractivity contribution in [2.24, 2.45) is 0 Å². The lowest BCUT2D eigenvalue weighted by atomic mass is 9.94. The van der Waals surface area contributed by atoms with Gasteiger partial charge in [0.25, 0.3) is 0 Å². The molecule has 1 atom stereocenters. The summed E-state index contributed by atoms with van der Waals surface area (Å²) in [4.78, 5) is 5.01. The van der Waals surface area contributed by atoms with Gasteiger partial charge in [0.15, 0.2) is 0 Å². The molecule has 4 rings (SSSR count). The van der Waals surface area contributed by atoms with Gasteiger partial charge in [0, 0.05) is 45.9 Å². The second kappa shape index (κ2) is 8.14. The molecule has 0 saturated carbocycles. The fourth-order valence-electron chi connectivity index (χ4n) is 4.23. The van der Waals surface area contributed by atoms with Gasteiger partial charge >= 0.3 is 0 Å². The van der Waals surface area contributed by atoms with E-state index in [0.717, 1.165) is 85.1 Å². The molecule has 3 saturated heterocycles. The summed E-state index contributed by atoms with van der Waals surface area (Å²) in [6, 6.07) is 9.07. The summed E-state index contributed by atoms with van der Waals surface area (Å²) < 4.78 is 17.3. The lowest BCUT2D eigenvalue weighted by molar-refractivity contribution is -0.169. The van der Waals surface area contributed by atoms with Crippen molar-refractivity contribution < 1.29 is 14.2 Å². The summed E-state index contributed by atoms with van der Waals surface area (Å²) in [5.41, 5.74) is 2.74. The lowest BCUT2D eigenvalue weighted by Crippen LogP contribution is -2.55. The van der Waals surface area contributed by atoms with Crippen molar-refractivity contribution in [1.82, 2.24) is 9.80 Å². The van der Waals surface area contributed by atoms with Gasteiger partial charge in [-0.1, -0.05) is 24.3 Å². The summed E-state index contributed by atoms with van der Waals surface area (Å²) >= 11 is 0. The van der Waals surface area contributed by atoms with Crippen molar-refractivity contribution in [3.05, 3.63) is 35.4 Å². The SMILES string of the molecule is c1cc(CN2CCOCC2)cc(CN2CCOC3(CCCOC3)C2)c1. The van der Waals surface area contributed by atoms with E-state index in [2.05, 4.69) is 34.1 Å². The summed E-state index contributed by atoms with van der Waals surface area (Å²) in [6.45, 7) is 10.3. The van der Waals surface area contributed by atoms with Crippen LogP contribution in [-0.4, -0.2) is 74.6 Å². The van der Waals surface area contributed by atoms with E-state index in [-0.39, 0.29) is 5.60 Å². The zero-order valence-corrected chi connectivity index (χ0v) is 15.1. The fourth-order valence-corrected chi connectivity index (χ4v) is 4.23. The van der Waals surface area contributed by atoms with Crippen molar-refractivity contribution in [2.75, 3.05) is 59.2 Å². The average Bonchev–Trinajstić information content (AvgIpc) is 2.64. The van der Waals surface area contributed by atoms with E-state index in [1.54, 1.807) is 0 Å². The van der Waals surface area contributed by atoms with Crippen molar-refractivity contribution in [2.45, 2.75) is 31.5 Å². The molecule has 1 unspecified atom stereocenters. The zero-order valence-electron chi connectivity index (χ0n) is 15.1. The fraction of sp³-hybridized carbons (Fsp3) is 0.700. The first-order valence-corrected chi connectivity index (χ1v) is 9.63. The molecular formula is C20H30N2O3. The highest BCUT2D eigenvalue weighted by atomic mass is 16.5. The van der Waals surface area contributed by atoms with Crippen LogP contribution < -0.4 is 0 Å². The van der Waals surface area contributed by atoms with Gasteiger partial charge < -0.3 is 14.2 Å². The molecule has 0 aliphatic carbocycles. The Labute approximate surface area is 150 Å². The van der Waals surface area contributed by atoms with E-state index in [1.165, 1.54) is 11.1 Å². The van der Waals surface area contributed by atoms with Crippen LogP contribution in [0.15, 0.2) is 24.3 Å². The van der Waals surface area contributed by atoms with E-state index in [9.17, 15) is 0 Å². The number of benzene rings is 1. The quantitative estimate of drug-likeness (QED) is 0.832. The van der Waals surface area contributed by atoms with Gasteiger partial charge in [-0.15, -0.1) is 0 Å². The monoisotopic (exact) mass is 346 g/mol. The molecule has 3 aliphatic heterocycles. The van der Waals surface area contributed by atoms with Crippen LogP contribution in [0.1, 0.15) is 24.0 Å². The highest BCUT2D eigenvalue weighted by Gasteiger charge is 2.38. The highest BCUT2D eigenvalue weighted by Crippen LogP contribution is 2.28. The van der Waals surface area contributed by atoms with Crippen LogP contribution in [0.3, 0.4) is 0 Å². The van der Waals surface area contributed by atoms with Crippen molar-refractivity contribution in [3.8, 4) is 0 Å². The molecular weight excluding hydrogens is 316 g/mol. The predicted molar refractivity (Wildman–Crippen MR) is 96.6 cm³/mol. The molecule has 1 aromatic rings. The first kappa shape index (κ1) is 17.4. The molecule has 3 heterocycles. The summed E-state index contributed by atoms with van der Waals surface area (Å²) in [7, 11) is 0. The van der Waals surface area contributed by atoms with E-state index >= 15 is 0 Å². The number of hydrogen-bond acceptors (Lipinski definition) is 5. The molecule has 3 aliphatic rings. The van der Waals surface area contributed by atoms with Gasteiger partial charge in [-0.3, -0.25) is 9.80 Å². The standard InChI is InChI=1S/C20H30N2O3/c1-3-18(14-21-6-10-23-11-7-21)13-19(4-1)15-22-8-12-25-20(16-22)5-2-9-24-17-20/h1,3-4,13H,2,5-12,14-17H2. The number of morpholine rings is 2. The highest BCUT2D eigenvalue weighted by molar-refractivity contribution is 5.23. The Morgan fingerprint density at radius 1 is 0.880 bits per heavy atom. The molecule has 1 spiro atoms. The number of hydrogen-bond donors (Lipinski definition) is 0. The van der Waals surface area contributed by atoms with Gasteiger partial charge in [0.1, 0.15) is 5.60 Å². The Hall–Kier alpha value is -0.980. The third-order valence-corrected chi connectivity index (χ3v) is 5.52. The Morgan fingerprint density at radius 2 is 1.64 bits per heavy atom. The maximum Gasteiger partial charge on any atom is 0.104 e. The Bertz CT molecular complexity index is 548. The van der Waals surface area contributed by atoms with E-state index in [1.807, 2.05) is 0 Å². The largest absolute Gasteiger partial charge is 0.379 e. The third kappa shape index (κ3) is 4.60. The number of nitrogens with zero attached hydrogens (tertiary/aromatic N) is 2. The predicted octanol–water partition coefficient (Wildman–Crippen LogP) is 1.90. The molecule has 0 bridgehead atoms. The van der Waals surface area contributed by atoms with E-state index in [0.29, 0.717) is 0 Å². The van der Waals surface area contributed by atoms with Crippen LogP contribution in [0.5, 0.6) is 0 Å². The van der Waals surface area contributed by atoms with Crippen LogP contribution in [0, 0.1) is 0 Å². The Balaban J connectivity index is 1.36. The molecule has 0 N–H and O–H groups in total. The van der Waals surface area contributed by atoms with Crippen LogP contribution in [0.4, 0.5) is 0 Å². The third-order valence-electron chi connectivity index (χ3n) is 5.52. The van der Waals surface area contributed by atoms with Gasteiger partial charge in [-0.25, -0.2) is 0 Å². The molecule has 0 radical (unpaired) electrons. The minimum absolute atomic E-state index is 0.0675. The van der Waals surface area contributed by atoms with E-state index in [4.69, 9.17) is 14.2 Å². The average molecular weight is 346 g/mol. The Kier molecular flexibility index (Phi) is 5.68. The molecule has 5 heteroatoms. The minimum Gasteiger partial charge on any atom is -0.379 e. The molecule has 25 heavy (non-hydrogen) atoms. The summed E-state index contributed by atoms with van der Waals surface area (Å²) in [6.07, 6.45) is 2.24. The maximum atomic E-state index is 6.11. The maximum absolute atomic E-state index is 6.11. The smallest absolute Gasteiger partial charge is 0.104 e. The van der Waals surface area contributed by atoms with Crippen LogP contribution >= 0.6 is 0 Å². The second-order valence-corrected chi connectivity index (χ2v) is 7.61. The summed E-state index contributed by atoms with van der Waals surface area (Å²) in [5, 5.41) is 0. The lowest BCUT2D eigenvalue weighted by Gasteiger charge is -2.44. The molecule has 1 aromatic carbocycles. The van der Waals surface area contributed by atoms with Crippen molar-refractivity contribution in [3.63, 3.8) is 0 Å². The molecule has 138 valence electrons. The van der Waals surface area contributed by atoms with Crippen LogP contribution in [-0.2, 0) is 27.3 Å². The molecule has 0 amide bonds. The molecule has 0 aromatic heterocycles. The van der Waals surface area contributed by atoms with Crippen molar-refractivity contribution >= 4 is 0 Å². The van der Waals surface area contributed by atoms with Crippen molar-refractivity contribution in [1.29, 1.82) is 0 Å². The van der Waals surface area contributed by atoms with Gasteiger partial charge in [-0.2, -0.15) is 0 Å². The zero-order chi connectivity index (χ0) is 17.0. The number of rotatable bonds is 4. The minimum atomic E-state index is -0.0675. The normalized spacial score (nSPS) is 29.1. The summed E-state index contributed by atoms with van der Waals surface area (Å²) in [5.74, 6) is 0. The van der Waals surface area contributed by atoms with Gasteiger partial charge in [0.2, 0.25) is 0 Å². The van der Waals surface area contributed by atoms with Crippen LogP contribution in [0.2, 0.25) is 0 Å². The van der Waals surface area contributed by atoms with Gasteiger partial charge in [0.05, 0.1) is 26.4 Å². The van der Waals surface area contributed by atoms with Crippen LogP contribution in [0.25, 0.3) is 0 Å². The second-order valence-electron chi connectivity index (χ2n) is 7.61. The van der Waals surface area contributed by atoms with Gasteiger partial charge in [-0.05, 0) is 24.0 Å². The molecule has 5 nitrogen and oxygen atoms in total. The number of ether oxygens (including phenoxy) is 3.